The Balaban J connectivity index is 1.85. The molecule has 0 aliphatic heterocycles. The summed E-state index contributed by atoms with van der Waals surface area (Å²) in [4.78, 5) is 18.1. The monoisotopic (exact) mass is 334 g/mol. The molecule has 1 N–H and O–H groups in total. The van der Waals surface area contributed by atoms with Gasteiger partial charge in [-0.15, -0.1) is 11.8 Å². The van der Waals surface area contributed by atoms with E-state index in [0.717, 1.165) is 16.0 Å². The van der Waals surface area contributed by atoms with Crippen LogP contribution in [-0.4, -0.2) is 10.9 Å². The highest BCUT2D eigenvalue weighted by molar-refractivity contribution is 8.00. The minimum atomic E-state index is -0.337. The third kappa shape index (κ3) is 4.24. The summed E-state index contributed by atoms with van der Waals surface area (Å²) in [6.45, 7) is 1.98. The predicted molar refractivity (Wildman–Crippen MR) is 99.1 cm³/mol. The van der Waals surface area contributed by atoms with Gasteiger partial charge in [-0.25, -0.2) is 4.98 Å². The largest absolute Gasteiger partial charge is 0.309 e. The molecule has 3 aromatic rings. The Morgan fingerprint density at radius 3 is 2.33 bits per heavy atom. The van der Waals surface area contributed by atoms with Gasteiger partial charge in [0.15, 0.2) is 0 Å². The number of carbonyl (C=O) groups excluding carboxylic acids is 1. The average molecular weight is 334 g/mol. The quantitative estimate of drug-likeness (QED) is 0.677. The van der Waals surface area contributed by atoms with Crippen molar-refractivity contribution in [3.05, 3.63) is 90.1 Å². The summed E-state index contributed by atoms with van der Waals surface area (Å²) >= 11 is 1.53. The molecule has 3 nitrogen and oxygen atoms in total. The second-order valence-corrected chi connectivity index (χ2v) is 6.61. The molecule has 0 spiro atoms. The van der Waals surface area contributed by atoms with Crippen LogP contribution in [0.1, 0.15) is 16.4 Å². The number of thioether (sulfide) groups is 1. The third-order valence-corrected chi connectivity index (χ3v) is 4.77. The lowest BCUT2D eigenvalue weighted by atomic mass is 10.1. The van der Waals surface area contributed by atoms with Gasteiger partial charge in [-0.1, -0.05) is 48.5 Å². The van der Waals surface area contributed by atoms with Crippen molar-refractivity contribution in [2.45, 2.75) is 17.1 Å². The first-order valence-electron chi connectivity index (χ1n) is 7.72. The Morgan fingerprint density at radius 1 is 1.00 bits per heavy atom. The number of hydrogen-bond acceptors (Lipinski definition) is 3. The molecule has 0 radical (unpaired) electrons. The standard InChI is InChI=1S/C20H18N2OS/c1-15-12-13-21-18(14-15)22-20(23)19(16-8-4-2-5-9-16)24-17-10-6-3-7-11-17/h2-14,19H,1H3,(H,21,22,23)/t19-/m0/s1. The van der Waals surface area contributed by atoms with Gasteiger partial charge in [0.2, 0.25) is 5.91 Å². The van der Waals surface area contributed by atoms with Gasteiger partial charge in [0, 0.05) is 11.1 Å². The number of anilines is 1. The van der Waals surface area contributed by atoms with Gasteiger partial charge in [0.25, 0.3) is 0 Å². The number of carbonyl (C=O) groups is 1. The third-order valence-electron chi connectivity index (χ3n) is 3.50. The highest BCUT2D eigenvalue weighted by Crippen LogP contribution is 2.35. The number of benzene rings is 2. The molecular formula is C20H18N2OS. The zero-order valence-corrected chi connectivity index (χ0v) is 14.2. The number of aryl methyl sites for hydroxylation is 1. The molecule has 0 bridgehead atoms. The van der Waals surface area contributed by atoms with Crippen molar-refractivity contribution in [3.63, 3.8) is 0 Å². The van der Waals surface area contributed by atoms with Gasteiger partial charge >= 0.3 is 0 Å². The van der Waals surface area contributed by atoms with Gasteiger partial charge in [0.05, 0.1) is 0 Å². The molecule has 4 heteroatoms. The van der Waals surface area contributed by atoms with Crippen molar-refractivity contribution in [2.75, 3.05) is 5.32 Å². The van der Waals surface area contributed by atoms with E-state index in [1.54, 1.807) is 6.20 Å². The minimum Gasteiger partial charge on any atom is -0.309 e. The van der Waals surface area contributed by atoms with E-state index >= 15 is 0 Å². The van der Waals surface area contributed by atoms with Crippen LogP contribution in [0.2, 0.25) is 0 Å². The number of aromatic nitrogens is 1. The van der Waals surface area contributed by atoms with E-state index in [1.807, 2.05) is 79.7 Å². The lowest BCUT2D eigenvalue weighted by Crippen LogP contribution is -2.19. The number of pyridine rings is 1. The lowest BCUT2D eigenvalue weighted by molar-refractivity contribution is -0.115. The number of rotatable bonds is 5. The summed E-state index contributed by atoms with van der Waals surface area (Å²) in [5.41, 5.74) is 2.03. The van der Waals surface area contributed by atoms with Crippen molar-refractivity contribution >= 4 is 23.5 Å². The fourth-order valence-corrected chi connectivity index (χ4v) is 3.38. The van der Waals surface area contributed by atoms with Crippen LogP contribution in [0, 0.1) is 6.92 Å². The van der Waals surface area contributed by atoms with Gasteiger partial charge in [-0.05, 0) is 42.3 Å². The lowest BCUT2D eigenvalue weighted by Gasteiger charge is -2.17. The predicted octanol–water partition coefficient (Wildman–Crippen LogP) is 4.86. The fourth-order valence-electron chi connectivity index (χ4n) is 2.33. The highest BCUT2D eigenvalue weighted by atomic mass is 32.2. The first-order chi connectivity index (χ1) is 11.7. The second-order valence-electron chi connectivity index (χ2n) is 5.43. The SMILES string of the molecule is Cc1ccnc(NC(=O)[C@@H](Sc2ccccc2)c2ccccc2)c1. The Hall–Kier alpha value is -2.59. The molecule has 120 valence electrons. The van der Waals surface area contributed by atoms with Crippen molar-refractivity contribution in [1.82, 2.24) is 4.98 Å². The molecular weight excluding hydrogens is 316 g/mol. The van der Waals surface area contributed by atoms with Crippen LogP contribution in [-0.2, 0) is 4.79 Å². The number of nitrogens with one attached hydrogen (secondary N) is 1. The van der Waals surface area contributed by atoms with Crippen LogP contribution in [0.5, 0.6) is 0 Å². The molecule has 1 heterocycles. The van der Waals surface area contributed by atoms with Gasteiger partial charge in [0.1, 0.15) is 11.1 Å². The molecule has 24 heavy (non-hydrogen) atoms. The van der Waals surface area contributed by atoms with E-state index in [2.05, 4.69) is 10.3 Å². The van der Waals surface area contributed by atoms with Gasteiger partial charge in [-0.3, -0.25) is 4.79 Å². The normalized spacial score (nSPS) is 11.7. The van der Waals surface area contributed by atoms with Crippen molar-refractivity contribution < 1.29 is 4.79 Å². The summed E-state index contributed by atoms with van der Waals surface area (Å²) < 4.78 is 0. The molecule has 1 amide bonds. The number of nitrogens with zero attached hydrogens (tertiary/aromatic N) is 1. The zero-order valence-electron chi connectivity index (χ0n) is 13.3. The molecule has 2 aromatic carbocycles. The maximum atomic E-state index is 12.9. The average Bonchev–Trinajstić information content (AvgIpc) is 2.61. The summed E-state index contributed by atoms with van der Waals surface area (Å²) in [6, 6.07) is 23.5. The van der Waals surface area contributed by atoms with Crippen molar-refractivity contribution in [3.8, 4) is 0 Å². The van der Waals surface area contributed by atoms with Crippen LogP contribution in [0.25, 0.3) is 0 Å². The van der Waals surface area contributed by atoms with E-state index in [4.69, 9.17) is 0 Å². The molecule has 0 fully saturated rings. The Kier molecular flexibility index (Phi) is 5.29. The minimum absolute atomic E-state index is 0.0758. The van der Waals surface area contributed by atoms with Crippen LogP contribution in [0.3, 0.4) is 0 Å². The Morgan fingerprint density at radius 2 is 1.67 bits per heavy atom. The smallest absolute Gasteiger partial charge is 0.243 e. The van der Waals surface area contributed by atoms with Crippen molar-refractivity contribution in [1.29, 1.82) is 0 Å². The first kappa shape index (κ1) is 16.3. The molecule has 0 aliphatic carbocycles. The van der Waals surface area contributed by atoms with Crippen LogP contribution in [0.4, 0.5) is 5.82 Å². The molecule has 0 saturated heterocycles. The molecule has 3 rings (SSSR count). The molecule has 0 aliphatic rings. The molecule has 1 atom stereocenters. The summed E-state index contributed by atoms with van der Waals surface area (Å²) in [6.07, 6.45) is 1.70. The maximum Gasteiger partial charge on any atom is 0.243 e. The maximum absolute atomic E-state index is 12.9. The fraction of sp³-hybridized carbons (Fsp3) is 0.100. The topological polar surface area (TPSA) is 42.0 Å². The molecule has 0 saturated carbocycles. The van der Waals surface area contributed by atoms with Crippen LogP contribution < -0.4 is 5.32 Å². The van der Waals surface area contributed by atoms with E-state index < -0.39 is 0 Å². The highest BCUT2D eigenvalue weighted by Gasteiger charge is 2.22. The van der Waals surface area contributed by atoms with E-state index in [-0.39, 0.29) is 11.2 Å². The van der Waals surface area contributed by atoms with E-state index in [0.29, 0.717) is 5.82 Å². The summed E-state index contributed by atoms with van der Waals surface area (Å²) in [5.74, 6) is 0.503. The van der Waals surface area contributed by atoms with Crippen LogP contribution >= 0.6 is 11.8 Å². The van der Waals surface area contributed by atoms with Gasteiger partial charge < -0.3 is 5.32 Å². The Bertz CT molecular complexity index is 806. The summed E-state index contributed by atoms with van der Waals surface area (Å²) in [7, 11) is 0. The van der Waals surface area contributed by atoms with E-state index in [9.17, 15) is 4.79 Å². The molecule has 0 unspecified atom stereocenters. The zero-order chi connectivity index (χ0) is 16.8. The van der Waals surface area contributed by atoms with Crippen molar-refractivity contribution in [2.24, 2.45) is 0 Å². The molecule has 1 aromatic heterocycles. The first-order valence-corrected chi connectivity index (χ1v) is 8.60. The van der Waals surface area contributed by atoms with E-state index in [1.165, 1.54) is 11.8 Å². The second kappa shape index (κ2) is 7.79. The number of hydrogen-bond donors (Lipinski definition) is 1. The van der Waals surface area contributed by atoms with Gasteiger partial charge in [-0.2, -0.15) is 0 Å². The number of amides is 1. The summed E-state index contributed by atoms with van der Waals surface area (Å²) in [5, 5.41) is 2.59. The Labute approximate surface area is 146 Å². The van der Waals surface area contributed by atoms with Crippen LogP contribution in [0.15, 0.2) is 83.9 Å².